The van der Waals surface area contributed by atoms with Crippen LogP contribution in [0.1, 0.15) is 30.7 Å². The summed E-state index contributed by atoms with van der Waals surface area (Å²) in [6.07, 6.45) is 0. The van der Waals surface area contributed by atoms with Gasteiger partial charge in [-0.25, -0.2) is 4.98 Å². The summed E-state index contributed by atoms with van der Waals surface area (Å²) in [5, 5.41) is 7.12. The van der Waals surface area contributed by atoms with Gasteiger partial charge in [-0.2, -0.15) is 0 Å². The SMILES string of the molecule is Cc1cc(C)nc(NCC(NCc2ccccc2)C(C)C)c1. The number of nitrogens with one attached hydrogen (secondary N) is 2. The molecule has 1 unspecified atom stereocenters. The van der Waals surface area contributed by atoms with Crippen LogP contribution in [0.15, 0.2) is 42.5 Å². The first-order valence-corrected chi connectivity index (χ1v) is 8.01. The Morgan fingerprint density at radius 1 is 1.05 bits per heavy atom. The van der Waals surface area contributed by atoms with E-state index in [0.29, 0.717) is 12.0 Å². The van der Waals surface area contributed by atoms with Crippen molar-refractivity contribution in [3.8, 4) is 0 Å². The van der Waals surface area contributed by atoms with Gasteiger partial charge in [-0.15, -0.1) is 0 Å². The molecule has 3 heteroatoms. The third kappa shape index (κ3) is 5.15. The maximum absolute atomic E-state index is 4.54. The van der Waals surface area contributed by atoms with Crippen molar-refractivity contribution in [1.29, 1.82) is 0 Å². The van der Waals surface area contributed by atoms with Gasteiger partial charge in [-0.1, -0.05) is 44.2 Å². The van der Waals surface area contributed by atoms with Crippen LogP contribution in [-0.4, -0.2) is 17.6 Å². The Labute approximate surface area is 134 Å². The molecule has 1 atom stereocenters. The zero-order valence-electron chi connectivity index (χ0n) is 14.1. The van der Waals surface area contributed by atoms with Gasteiger partial charge in [0.1, 0.15) is 5.82 Å². The van der Waals surface area contributed by atoms with E-state index in [4.69, 9.17) is 0 Å². The monoisotopic (exact) mass is 297 g/mol. The van der Waals surface area contributed by atoms with Gasteiger partial charge >= 0.3 is 0 Å². The number of benzene rings is 1. The summed E-state index contributed by atoms with van der Waals surface area (Å²) in [6.45, 7) is 10.4. The lowest BCUT2D eigenvalue weighted by Gasteiger charge is -2.23. The molecule has 0 aliphatic rings. The van der Waals surface area contributed by atoms with Crippen LogP contribution in [0.2, 0.25) is 0 Å². The molecule has 3 nitrogen and oxygen atoms in total. The second kappa shape index (κ2) is 7.95. The molecule has 0 radical (unpaired) electrons. The van der Waals surface area contributed by atoms with Gasteiger partial charge < -0.3 is 10.6 Å². The number of hydrogen-bond donors (Lipinski definition) is 2. The topological polar surface area (TPSA) is 37.0 Å². The molecular formula is C19H27N3. The van der Waals surface area contributed by atoms with Crippen molar-refractivity contribution in [3.63, 3.8) is 0 Å². The highest BCUT2D eigenvalue weighted by molar-refractivity contribution is 5.39. The number of hydrogen-bond acceptors (Lipinski definition) is 3. The largest absolute Gasteiger partial charge is 0.368 e. The predicted octanol–water partition coefficient (Wildman–Crippen LogP) is 3.92. The summed E-state index contributed by atoms with van der Waals surface area (Å²) in [7, 11) is 0. The molecule has 0 saturated heterocycles. The first-order chi connectivity index (χ1) is 10.5. The predicted molar refractivity (Wildman–Crippen MR) is 94.1 cm³/mol. The van der Waals surface area contributed by atoms with Crippen LogP contribution < -0.4 is 10.6 Å². The van der Waals surface area contributed by atoms with Gasteiger partial charge in [0, 0.05) is 24.8 Å². The van der Waals surface area contributed by atoms with Crippen molar-refractivity contribution in [3.05, 3.63) is 59.3 Å². The van der Waals surface area contributed by atoms with Gasteiger partial charge in [0.05, 0.1) is 0 Å². The molecule has 0 fully saturated rings. The zero-order valence-corrected chi connectivity index (χ0v) is 14.1. The number of nitrogens with zero attached hydrogens (tertiary/aromatic N) is 1. The number of pyridine rings is 1. The van der Waals surface area contributed by atoms with E-state index in [1.807, 2.05) is 6.92 Å². The van der Waals surface area contributed by atoms with Crippen LogP contribution in [0.25, 0.3) is 0 Å². The molecule has 1 heterocycles. The number of rotatable bonds is 7. The Hall–Kier alpha value is -1.87. The Morgan fingerprint density at radius 2 is 1.77 bits per heavy atom. The molecule has 0 aliphatic carbocycles. The molecule has 2 rings (SSSR count). The van der Waals surface area contributed by atoms with Crippen molar-refractivity contribution < 1.29 is 0 Å². The summed E-state index contributed by atoms with van der Waals surface area (Å²) in [4.78, 5) is 4.54. The smallest absolute Gasteiger partial charge is 0.126 e. The highest BCUT2D eigenvalue weighted by atomic mass is 15.0. The van der Waals surface area contributed by atoms with Crippen molar-refractivity contribution in [2.24, 2.45) is 5.92 Å². The average molecular weight is 297 g/mol. The fourth-order valence-corrected chi connectivity index (χ4v) is 2.53. The van der Waals surface area contributed by atoms with Crippen LogP contribution in [0, 0.1) is 19.8 Å². The van der Waals surface area contributed by atoms with Gasteiger partial charge in [-0.05, 0) is 43.0 Å². The first kappa shape index (κ1) is 16.5. The number of aryl methyl sites for hydroxylation is 2. The number of aromatic nitrogens is 1. The number of anilines is 1. The molecule has 0 amide bonds. The molecule has 0 saturated carbocycles. The first-order valence-electron chi connectivity index (χ1n) is 8.01. The zero-order chi connectivity index (χ0) is 15.9. The van der Waals surface area contributed by atoms with E-state index in [1.165, 1.54) is 11.1 Å². The second-order valence-corrected chi connectivity index (χ2v) is 6.27. The van der Waals surface area contributed by atoms with Crippen LogP contribution in [0.5, 0.6) is 0 Å². The van der Waals surface area contributed by atoms with Crippen molar-refractivity contribution in [1.82, 2.24) is 10.3 Å². The summed E-state index contributed by atoms with van der Waals surface area (Å²) >= 11 is 0. The Balaban J connectivity index is 1.91. The van der Waals surface area contributed by atoms with Gasteiger partial charge in [-0.3, -0.25) is 0 Å². The Morgan fingerprint density at radius 3 is 2.41 bits per heavy atom. The van der Waals surface area contributed by atoms with Crippen molar-refractivity contribution >= 4 is 5.82 Å². The molecule has 2 N–H and O–H groups in total. The lowest BCUT2D eigenvalue weighted by Crippen LogP contribution is -2.39. The van der Waals surface area contributed by atoms with Crippen molar-refractivity contribution in [2.75, 3.05) is 11.9 Å². The third-order valence-corrected chi connectivity index (χ3v) is 3.82. The fourth-order valence-electron chi connectivity index (χ4n) is 2.53. The molecule has 2 aromatic rings. The molecule has 118 valence electrons. The second-order valence-electron chi connectivity index (χ2n) is 6.27. The molecular weight excluding hydrogens is 270 g/mol. The van der Waals surface area contributed by atoms with Gasteiger partial charge in [0.25, 0.3) is 0 Å². The maximum atomic E-state index is 4.54. The molecule has 1 aromatic heterocycles. The van der Waals surface area contributed by atoms with E-state index in [-0.39, 0.29) is 0 Å². The van der Waals surface area contributed by atoms with E-state index in [9.17, 15) is 0 Å². The minimum atomic E-state index is 0.405. The maximum Gasteiger partial charge on any atom is 0.126 e. The molecule has 1 aromatic carbocycles. The molecule has 0 aliphatic heterocycles. The highest BCUT2D eigenvalue weighted by Crippen LogP contribution is 2.11. The van der Waals surface area contributed by atoms with Crippen LogP contribution in [-0.2, 0) is 6.54 Å². The quantitative estimate of drug-likeness (QED) is 0.813. The Kier molecular flexibility index (Phi) is 5.96. The molecule has 22 heavy (non-hydrogen) atoms. The Bertz CT molecular complexity index is 558. The average Bonchev–Trinajstić information content (AvgIpc) is 2.47. The van der Waals surface area contributed by atoms with E-state index in [2.05, 4.69) is 78.9 Å². The molecule has 0 spiro atoms. The highest BCUT2D eigenvalue weighted by Gasteiger charge is 2.13. The lowest BCUT2D eigenvalue weighted by molar-refractivity contribution is 0.412. The summed E-state index contributed by atoms with van der Waals surface area (Å²) in [5.41, 5.74) is 3.62. The third-order valence-electron chi connectivity index (χ3n) is 3.82. The van der Waals surface area contributed by atoms with E-state index >= 15 is 0 Å². The van der Waals surface area contributed by atoms with Crippen LogP contribution >= 0.6 is 0 Å². The van der Waals surface area contributed by atoms with E-state index in [0.717, 1.165) is 24.6 Å². The normalized spacial score (nSPS) is 12.4. The minimum Gasteiger partial charge on any atom is -0.368 e. The summed E-state index contributed by atoms with van der Waals surface area (Å²) < 4.78 is 0. The van der Waals surface area contributed by atoms with E-state index in [1.54, 1.807) is 0 Å². The van der Waals surface area contributed by atoms with Crippen LogP contribution in [0.4, 0.5) is 5.82 Å². The van der Waals surface area contributed by atoms with Crippen molar-refractivity contribution in [2.45, 2.75) is 40.3 Å². The van der Waals surface area contributed by atoms with Crippen LogP contribution in [0.3, 0.4) is 0 Å². The summed E-state index contributed by atoms with van der Waals surface area (Å²) in [6, 6.07) is 15.1. The molecule has 0 bridgehead atoms. The standard InChI is InChI=1S/C19H27N3/c1-14(2)18(20-12-17-8-6-5-7-9-17)13-21-19-11-15(3)10-16(4)22-19/h5-11,14,18,20H,12-13H2,1-4H3,(H,21,22). The lowest BCUT2D eigenvalue weighted by atomic mass is 10.0. The van der Waals surface area contributed by atoms with Gasteiger partial charge in [0.15, 0.2) is 0 Å². The van der Waals surface area contributed by atoms with E-state index < -0.39 is 0 Å². The minimum absolute atomic E-state index is 0.405. The fraction of sp³-hybridized carbons (Fsp3) is 0.421. The van der Waals surface area contributed by atoms with Gasteiger partial charge in [0.2, 0.25) is 0 Å². The summed E-state index contributed by atoms with van der Waals surface area (Å²) in [5.74, 6) is 1.52.